The van der Waals surface area contributed by atoms with Crippen LogP contribution in [0, 0.1) is 10.1 Å². The zero-order chi connectivity index (χ0) is 18.6. The van der Waals surface area contributed by atoms with Crippen molar-refractivity contribution in [1.29, 1.82) is 0 Å². The molecule has 0 fully saturated rings. The van der Waals surface area contributed by atoms with Crippen LogP contribution >= 0.6 is 0 Å². The normalized spacial score (nSPS) is 11.8. The molecule has 5 heteroatoms. The third-order valence-corrected chi connectivity index (χ3v) is 3.77. The Labute approximate surface area is 151 Å². The molecule has 0 aromatic rings. The van der Waals surface area contributed by atoms with E-state index in [2.05, 4.69) is 30.4 Å². The average molecular weight is 351 g/mol. The molecule has 0 saturated carbocycles. The maximum atomic E-state index is 10.3. The van der Waals surface area contributed by atoms with E-state index >= 15 is 0 Å². The fraction of sp³-hybridized carbons (Fsp3) is 0.650. The minimum absolute atomic E-state index is 0.108. The lowest BCUT2D eigenvalue weighted by molar-refractivity contribution is -0.480. The number of carbonyl (C=O) groups is 1. The molecule has 0 aliphatic carbocycles. The zero-order valence-electron chi connectivity index (χ0n) is 15.3. The molecule has 0 aromatic heterocycles. The fourth-order valence-corrected chi connectivity index (χ4v) is 2.36. The van der Waals surface area contributed by atoms with Gasteiger partial charge in [-0.1, -0.05) is 55.7 Å². The lowest BCUT2D eigenvalue weighted by Crippen LogP contribution is -1.99. The summed E-state index contributed by atoms with van der Waals surface area (Å²) in [4.78, 5) is 20.3. The van der Waals surface area contributed by atoms with Gasteiger partial charge in [0.2, 0.25) is 6.54 Å². The van der Waals surface area contributed by atoms with Crippen molar-refractivity contribution in [1.82, 2.24) is 0 Å². The van der Waals surface area contributed by atoms with Crippen molar-refractivity contribution < 1.29 is 14.8 Å². The first-order valence-electron chi connectivity index (χ1n) is 9.41. The highest BCUT2D eigenvalue weighted by Gasteiger charge is 1.96. The molecular weight excluding hydrogens is 318 g/mol. The molecule has 0 radical (unpaired) electrons. The van der Waals surface area contributed by atoms with E-state index < -0.39 is 5.97 Å². The summed E-state index contributed by atoms with van der Waals surface area (Å²) in [7, 11) is 0. The molecular formula is C20H33NO4. The van der Waals surface area contributed by atoms with Crippen molar-refractivity contribution in [2.75, 3.05) is 6.54 Å². The average Bonchev–Trinajstić information content (AvgIpc) is 2.56. The largest absolute Gasteiger partial charge is 0.481 e. The number of aliphatic carboxylic acids is 1. The Kier molecular flexibility index (Phi) is 17.0. The van der Waals surface area contributed by atoms with Crippen LogP contribution in [0.4, 0.5) is 0 Å². The van der Waals surface area contributed by atoms with Crippen LogP contribution in [0.2, 0.25) is 0 Å². The number of carboxylic acid groups (broad SMARTS) is 1. The van der Waals surface area contributed by atoms with Crippen molar-refractivity contribution in [3.63, 3.8) is 0 Å². The fourth-order valence-electron chi connectivity index (χ4n) is 2.36. The summed E-state index contributed by atoms with van der Waals surface area (Å²) in [6.45, 7) is 0.108. The van der Waals surface area contributed by atoms with Crippen molar-refractivity contribution in [2.45, 2.75) is 77.0 Å². The molecule has 25 heavy (non-hydrogen) atoms. The van der Waals surface area contributed by atoms with E-state index in [1.807, 2.05) is 6.08 Å². The van der Waals surface area contributed by atoms with E-state index in [9.17, 15) is 14.9 Å². The lowest BCUT2D eigenvalue weighted by atomic mass is 10.1. The summed E-state index contributed by atoms with van der Waals surface area (Å²) in [5.74, 6) is -0.729. The maximum Gasteiger partial charge on any atom is 0.303 e. The number of allylic oxidation sites excluding steroid dienone is 6. The van der Waals surface area contributed by atoms with Crippen LogP contribution in [0.1, 0.15) is 77.0 Å². The molecule has 1 N–H and O–H groups in total. The second kappa shape index (κ2) is 18.4. The topological polar surface area (TPSA) is 80.4 Å². The molecule has 0 saturated heterocycles. The van der Waals surface area contributed by atoms with Gasteiger partial charge in [-0.05, 0) is 44.9 Å². The van der Waals surface area contributed by atoms with E-state index in [1.165, 1.54) is 19.3 Å². The second-order valence-electron chi connectivity index (χ2n) is 6.14. The van der Waals surface area contributed by atoms with Crippen LogP contribution in [0.3, 0.4) is 0 Å². The van der Waals surface area contributed by atoms with Gasteiger partial charge in [-0.2, -0.15) is 0 Å². The Hall–Kier alpha value is -1.91. The van der Waals surface area contributed by atoms with E-state index in [1.54, 1.807) is 0 Å². The van der Waals surface area contributed by atoms with Crippen LogP contribution in [0.15, 0.2) is 36.5 Å². The Bertz CT molecular complexity index is 427. The third kappa shape index (κ3) is 22.1. The van der Waals surface area contributed by atoms with E-state index in [4.69, 9.17) is 5.11 Å². The minimum Gasteiger partial charge on any atom is -0.481 e. The van der Waals surface area contributed by atoms with Crippen LogP contribution in [0.5, 0.6) is 0 Å². The molecule has 0 amide bonds. The zero-order valence-corrected chi connectivity index (χ0v) is 15.3. The quantitative estimate of drug-likeness (QED) is 0.158. The number of rotatable bonds is 17. The van der Waals surface area contributed by atoms with Crippen LogP contribution in [-0.4, -0.2) is 22.5 Å². The number of hydrogen-bond donors (Lipinski definition) is 1. The van der Waals surface area contributed by atoms with Gasteiger partial charge in [-0.3, -0.25) is 14.9 Å². The van der Waals surface area contributed by atoms with Gasteiger partial charge >= 0.3 is 5.97 Å². The summed E-state index contributed by atoms with van der Waals surface area (Å²) in [6.07, 6.45) is 23.9. The smallest absolute Gasteiger partial charge is 0.303 e. The number of hydrogen-bond acceptors (Lipinski definition) is 3. The van der Waals surface area contributed by atoms with Gasteiger partial charge in [0.25, 0.3) is 0 Å². The van der Waals surface area contributed by atoms with Crippen molar-refractivity contribution in [3.05, 3.63) is 46.6 Å². The first-order valence-corrected chi connectivity index (χ1v) is 9.41. The van der Waals surface area contributed by atoms with Crippen LogP contribution in [-0.2, 0) is 4.79 Å². The van der Waals surface area contributed by atoms with Gasteiger partial charge in [0.15, 0.2) is 0 Å². The number of unbranched alkanes of at least 4 members (excludes halogenated alkanes) is 7. The van der Waals surface area contributed by atoms with E-state index in [-0.39, 0.29) is 17.9 Å². The predicted octanol–water partition coefficient (Wildman–Crippen LogP) is 5.70. The molecule has 0 aliphatic heterocycles. The van der Waals surface area contributed by atoms with Gasteiger partial charge < -0.3 is 5.11 Å². The number of nitrogens with zero attached hydrogens (tertiary/aromatic N) is 1. The predicted molar refractivity (Wildman–Crippen MR) is 102 cm³/mol. The molecule has 0 bridgehead atoms. The van der Waals surface area contributed by atoms with Crippen LogP contribution in [0.25, 0.3) is 0 Å². The Balaban J connectivity index is 3.30. The molecule has 0 spiro atoms. The van der Waals surface area contributed by atoms with Gasteiger partial charge in [0.05, 0.1) is 0 Å². The molecule has 0 aromatic carbocycles. The molecule has 0 heterocycles. The molecule has 142 valence electrons. The minimum atomic E-state index is -0.729. The van der Waals surface area contributed by atoms with Gasteiger partial charge in [-0.15, -0.1) is 0 Å². The summed E-state index contributed by atoms with van der Waals surface area (Å²) >= 11 is 0. The van der Waals surface area contributed by atoms with Gasteiger partial charge in [0.1, 0.15) is 0 Å². The molecule has 5 nitrogen and oxygen atoms in total. The van der Waals surface area contributed by atoms with Gasteiger partial charge in [-0.25, -0.2) is 0 Å². The maximum absolute atomic E-state index is 10.3. The monoisotopic (exact) mass is 351 g/mol. The third-order valence-electron chi connectivity index (χ3n) is 3.77. The number of nitro groups is 1. The Morgan fingerprint density at radius 2 is 1.24 bits per heavy atom. The Morgan fingerprint density at radius 1 is 0.760 bits per heavy atom. The Morgan fingerprint density at radius 3 is 1.80 bits per heavy atom. The molecule has 0 atom stereocenters. The van der Waals surface area contributed by atoms with Crippen molar-refractivity contribution in [3.8, 4) is 0 Å². The highest BCUT2D eigenvalue weighted by molar-refractivity contribution is 5.66. The lowest BCUT2D eigenvalue weighted by Gasteiger charge is -1.98. The van der Waals surface area contributed by atoms with Crippen LogP contribution < -0.4 is 0 Å². The molecule has 0 unspecified atom stereocenters. The van der Waals surface area contributed by atoms with Crippen molar-refractivity contribution in [2.24, 2.45) is 0 Å². The molecule has 0 aliphatic rings. The highest BCUT2D eigenvalue weighted by atomic mass is 16.6. The first kappa shape index (κ1) is 23.1. The van der Waals surface area contributed by atoms with Gasteiger partial charge in [0, 0.05) is 17.8 Å². The SMILES string of the molecule is O=C(O)CCCC=CCC=CCC=CCCCCCCCC[N+](=O)[O-]. The second-order valence-corrected chi connectivity index (χ2v) is 6.14. The summed E-state index contributed by atoms with van der Waals surface area (Å²) in [6, 6.07) is 0. The summed E-state index contributed by atoms with van der Waals surface area (Å²) in [5.41, 5.74) is 0. The van der Waals surface area contributed by atoms with E-state index in [0.717, 1.165) is 38.5 Å². The van der Waals surface area contributed by atoms with E-state index in [0.29, 0.717) is 12.8 Å². The number of carboxylic acids is 1. The van der Waals surface area contributed by atoms with Crippen molar-refractivity contribution >= 4 is 5.97 Å². The summed E-state index contributed by atoms with van der Waals surface area (Å²) in [5, 5.41) is 18.7. The molecule has 0 rings (SSSR count). The first-order chi connectivity index (χ1) is 12.1. The summed E-state index contributed by atoms with van der Waals surface area (Å²) < 4.78 is 0. The standard InChI is InChI=1S/C20H33NO4/c22-20(23)18-16-14-12-10-8-6-4-2-1-3-5-7-9-11-13-15-17-19-21(24)25/h1,3-4,6,10,12H,2,5,7-9,11,13-19H2,(H,22,23). The highest BCUT2D eigenvalue weighted by Crippen LogP contribution is 2.08.